The number of halogens is 2. The Morgan fingerprint density at radius 1 is 1.13 bits per heavy atom. The van der Waals surface area contributed by atoms with Crippen LogP contribution in [0.5, 0.6) is 0 Å². The lowest BCUT2D eigenvalue weighted by Crippen LogP contribution is -2.34. The maximum absolute atomic E-state index is 13.2. The maximum atomic E-state index is 13.2. The van der Waals surface area contributed by atoms with Crippen LogP contribution < -0.4 is 10.5 Å². The molecule has 1 amide bonds. The second-order valence-corrected chi connectivity index (χ2v) is 12.3. The second-order valence-electron chi connectivity index (χ2n) is 9.75. The lowest BCUT2D eigenvalue weighted by atomic mass is 10.0. The number of hydrogen-bond acceptors (Lipinski definition) is 7. The summed E-state index contributed by atoms with van der Waals surface area (Å²) in [6.45, 7) is 3.10. The number of nitrogens with zero attached hydrogens (tertiary/aromatic N) is 5. The van der Waals surface area contributed by atoms with Crippen LogP contribution in [-0.2, 0) is 10.0 Å². The summed E-state index contributed by atoms with van der Waals surface area (Å²) in [6.07, 6.45) is 4.01. The Morgan fingerprint density at radius 3 is 2.49 bits per heavy atom. The number of aryl methyl sites for hydroxylation is 1. The van der Waals surface area contributed by atoms with Gasteiger partial charge in [-0.1, -0.05) is 29.3 Å². The highest BCUT2D eigenvalue weighted by molar-refractivity contribution is 7.92. The molecule has 1 aliphatic heterocycles. The van der Waals surface area contributed by atoms with Crippen LogP contribution in [0.15, 0.2) is 53.7 Å². The minimum Gasteiger partial charge on any atom is -0.383 e. The zero-order valence-electron chi connectivity index (χ0n) is 21.5. The van der Waals surface area contributed by atoms with E-state index in [1.807, 2.05) is 19.0 Å². The van der Waals surface area contributed by atoms with Crippen molar-refractivity contribution in [1.29, 1.82) is 0 Å². The normalized spacial score (nSPS) is 15.8. The van der Waals surface area contributed by atoms with Crippen LogP contribution in [0.25, 0.3) is 16.8 Å². The number of anilines is 2. The van der Waals surface area contributed by atoms with E-state index < -0.39 is 10.0 Å². The summed E-state index contributed by atoms with van der Waals surface area (Å²) in [7, 11) is 0.0956. The molecule has 10 nitrogen and oxygen atoms in total. The molecule has 0 aliphatic carbocycles. The molecule has 3 heterocycles. The van der Waals surface area contributed by atoms with Crippen molar-refractivity contribution in [2.24, 2.45) is 0 Å². The largest absolute Gasteiger partial charge is 0.383 e. The van der Waals surface area contributed by atoms with Crippen LogP contribution in [0, 0.1) is 6.92 Å². The number of carbonyl (C=O) groups is 1. The summed E-state index contributed by atoms with van der Waals surface area (Å²) >= 11 is 12.0. The fraction of sp³-hybridized carbons (Fsp3) is 0.269. The predicted molar refractivity (Wildman–Crippen MR) is 153 cm³/mol. The van der Waals surface area contributed by atoms with Crippen LogP contribution in [0.2, 0.25) is 10.0 Å². The highest BCUT2D eigenvalue weighted by Crippen LogP contribution is 2.31. The van der Waals surface area contributed by atoms with Crippen molar-refractivity contribution in [3.05, 3.63) is 70.0 Å². The Kier molecular flexibility index (Phi) is 7.19. The lowest BCUT2D eigenvalue weighted by Gasteiger charge is -2.20. The molecule has 2 aromatic carbocycles. The monoisotopic (exact) mass is 587 g/mol. The number of benzene rings is 2. The van der Waals surface area contributed by atoms with E-state index >= 15 is 0 Å². The quantitative estimate of drug-likeness (QED) is 0.346. The van der Waals surface area contributed by atoms with Gasteiger partial charge in [0.25, 0.3) is 15.9 Å². The number of sulfonamides is 1. The summed E-state index contributed by atoms with van der Waals surface area (Å²) in [5.74, 6) is 0.190. The number of likely N-dealkylation sites (tertiary alicyclic amines) is 1. The van der Waals surface area contributed by atoms with Gasteiger partial charge in [-0.25, -0.2) is 13.4 Å². The highest BCUT2D eigenvalue weighted by atomic mass is 35.5. The molecule has 13 heteroatoms. The van der Waals surface area contributed by atoms with Crippen molar-refractivity contribution in [3.63, 3.8) is 0 Å². The van der Waals surface area contributed by atoms with Crippen LogP contribution in [-0.4, -0.2) is 71.9 Å². The summed E-state index contributed by atoms with van der Waals surface area (Å²) < 4.78 is 29.9. The number of amides is 1. The molecule has 2 aromatic heterocycles. The molecule has 5 rings (SSSR count). The average Bonchev–Trinajstić information content (AvgIpc) is 3.53. The fourth-order valence-corrected chi connectivity index (χ4v) is 6.53. The first-order valence-electron chi connectivity index (χ1n) is 12.1. The first-order chi connectivity index (χ1) is 18.4. The first-order valence-corrected chi connectivity index (χ1v) is 14.4. The zero-order valence-corrected chi connectivity index (χ0v) is 23.8. The van der Waals surface area contributed by atoms with Crippen LogP contribution in [0.1, 0.15) is 22.3 Å². The minimum atomic E-state index is -3.92. The molecule has 1 atom stereocenters. The summed E-state index contributed by atoms with van der Waals surface area (Å²) in [5, 5.41) is 4.78. The number of nitrogen functional groups attached to an aromatic ring is 1. The van der Waals surface area contributed by atoms with E-state index in [4.69, 9.17) is 28.9 Å². The third-order valence-corrected chi connectivity index (χ3v) is 8.68. The number of carbonyl (C=O) groups excluding carboxylic acids is 1. The van der Waals surface area contributed by atoms with Crippen molar-refractivity contribution in [1.82, 2.24) is 24.4 Å². The molecule has 0 spiro atoms. The van der Waals surface area contributed by atoms with E-state index in [1.54, 1.807) is 31.3 Å². The molecular weight excluding hydrogens is 561 g/mol. The topological polar surface area (TPSA) is 126 Å². The number of rotatable bonds is 6. The van der Waals surface area contributed by atoms with Gasteiger partial charge in [0.15, 0.2) is 5.65 Å². The van der Waals surface area contributed by atoms with Gasteiger partial charge in [-0.2, -0.15) is 9.61 Å². The Labute approximate surface area is 236 Å². The molecule has 0 saturated carbocycles. The van der Waals surface area contributed by atoms with Crippen LogP contribution in [0.4, 0.5) is 11.5 Å². The molecule has 1 aliphatic rings. The van der Waals surface area contributed by atoms with Gasteiger partial charge >= 0.3 is 0 Å². The minimum absolute atomic E-state index is 0.0439. The van der Waals surface area contributed by atoms with Crippen molar-refractivity contribution in [3.8, 4) is 11.1 Å². The Hall–Kier alpha value is -3.38. The van der Waals surface area contributed by atoms with Crippen molar-refractivity contribution in [2.45, 2.75) is 24.3 Å². The Bertz CT molecular complexity index is 1690. The number of aromatic nitrogens is 3. The van der Waals surface area contributed by atoms with Gasteiger partial charge in [-0.15, -0.1) is 0 Å². The zero-order chi connectivity index (χ0) is 28.1. The number of likely N-dealkylation sites (N-methyl/N-ethyl adjacent to an activating group) is 1. The van der Waals surface area contributed by atoms with E-state index in [2.05, 4.69) is 19.7 Å². The molecule has 1 saturated heterocycles. The molecule has 4 aromatic rings. The number of nitrogens with one attached hydrogen (secondary N) is 1. The van der Waals surface area contributed by atoms with Gasteiger partial charge in [0.1, 0.15) is 11.4 Å². The third kappa shape index (κ3) is 5.27. The van der Waals surface area contributed by atoms with E-state index in [0.29, 0.717) is 58.5 Å². The van der Waals surface area contributed by atoms with Crippen molar-refractivity contribution in [2.75, 3.05) is 37.6 Å². The van der Waals surface area contributed by atoms with Gasteiger partial charge in [0.05, 0.1) is 16.8 Å². The van der Waals surface area contributed by atoms with E-state index in [-0.39, 0.29) is 20.8 Å². The van der Waals surface area contributed by atoms with E-state index in [0.717, 1.165) is 6.42 Å². The summed E-state index contributed by atoms with van der Waals surface area (Å²) in [6, 6.07) is 9.61. The number of fused-ring (bicyclic) bond motifs is 1. The van der Waals surface area contributed by atoms with Crippen LogP contribution in [0.3, 0.4) is 0 Å². The molecule has 0 bridgehead atoms. The van der Waals surface area contributed by atoms with Gasteiger partial charge in [-0.05, 0) is 68.9 Å². The van der Waals surface area contributed by atoms with Crippen molar-refractivity contribution < 1.29 is 13.2 Å². The molecule has 39 heavy (non-hydrogen) atoms. The lowest BCUT2D eigenvalue weighted by molar-refractivity contribution is 0.0784. The fourth-order valence-electron chi connectivity index (χ4n) is 4.67. The Morgan fingerprint density at radius 2 is 1.85 bits per heavy atom. The SMILES string of the molecule is Cc1cc(-c2cnc3c(C(=O)N4CCC(N(C)C)C4)cnn3c2N)ccc1NS(=O)(=O)c1cc(Cl)cc(Cl)c1. The molecule has 3 N–H and O–H groups in total. The maximum Gasteiger partial charge on any atom is 0.262 e. The van der Waals surface area contributed by atoms with E-state index in [9.17, 15) is 13.2 Å². The number of hydrogen-bond donors (Lipinski definition) is 2. The van der Waals surface area contributed by atoms with Gasteiger partial charge in [0, 0.05) is 40.9 Å². The third-order valence-electron chi connectivity index (χ3n) is 6.90. The standard InChI is InChI=1S/C26H27Cl2N7O3S/c1-15-8-16(4-5-23(15)32-39(37,38)20-10-17(27)9-18(28)11-20)21-12-30-25-22(13-31-35(25)24(21)29)26(36)34-7-6-19(14-34)33(2)3/h4-5,8-13,19,32H,6-7,14,29H2,1-3H3. The van der Waals surface area contributed by atoms with Crippen LogP contribution >= 0.6 is 23.2 Å². The highest BCUT2D eigenvalue weighted by Gasteiger charge is 2.30. The predicted octanol–water partition coefficient (Wildman–Crippen LogP) is 4.17. The molecule has 1 fully saturated rings. The molecular formula is C26H27Cl2N7O3S. The molecule has 204 valence electrons. The Balaban J connectivity index is 1.41. The summed E-state index contributed by atoms with van der Waals surface area (Å²) in [5.41, 5.74) is 9.60. The first kappa shape index (κ1) is 27.2. The number of nitrogens with two attached hydrogens (primary N) is 1. The van der Waals surface area contributed by atoms with Gasteiger partial charge < -0.3 is 15.5 Å². The van der Waals surface area contributed by atoms with E-state index in [1.165, 1.54) is 28.9 Å². The molecule has 0 radical (unpaired) electrons. The van der Waals surface area contributed by atoms with Gasteiger partial charge in [-0.3, -0.25) is 9.52 Å². The smallest absolute Gasteiger partial charge is 0.262 e. The van der Waals surface area contributed by atoms with Crippen molar-refractivity contribution >= 4 is 56.3 Å². The average molecular weight is 589 g/mol. The van der Waals surface area contributed by atoms with Gasteiger partial charge in [0.2, 0.25) is 0 Å². The molecule has 1 unspecified atom stereocenters. The second kappa shape index (κ2) is 10.3. The summed E-state index contributed by atoms with van der Waals surface area (Å²) in [4.78, 5) is 21.6.